The van der Waals surface area contributed by atoms with Crippen LogP contribution in [0.15, 0.2) is 0 Å². The largest absolute Gasteiger partial charge is 0.379 e. The first-order valence-corrected chi connectivity index (χ1v) is 9.39. The number of unbranched alkanes of at least 4 members (excludes halogenated alkanes) is 11. The van der Waals surface area contributed by atoms with E-state index in [1.54, 1.807) is 0 Å². The zero-order valence-electron chi connectivity index (χ0n) is 14.3. The molecule has 126 valence electrons. The maximum atomic E-state index is 5.73. The fourth-order valence-electron chi connectivity index (χ4n) is 2.81. The van der Waals surface area contributed by atoms with Crippen molar-refractivity contribution in [2.75, 3.05) is 32.9 Å². The molecule has 3 heteroatoms. The van der Waals surface area contributed by atoms with Crippen molar-refractivity contribution >= 4 is 0 Å². The molecule has 0 bridgehead atoms. The molecule has 0 aromatic carbocycles. The minimum Gasteiger partial charge on any atom is -0.379 e. The highest BCUT2D eigenvalue weighted by atomic mass is 16.7. The van der Waals surface area contributed by atoms with Crippen LogP contribution in [0.25, 0.3) is 0 Å². The molecule has 0 N–H and O–H groups in total. The van der Waals surface area contributed by atoms with Crippen molar-refractivity contribution in [2.24, 2.45) is 0 Å². The van der Waals surface area contributed by atoms with E-state index in [0.29, 0.717) is 0 Å². The lowest BCUT2D eigenvalue weighted by Gasteiger charge is -2.25. The smallest absolute Gasteiger partial charge is 0.0685 e. The van der Waals surface area contributed by atoms with Crippen LogP contribution in [-0.2, 0) is 9.57 Å². The van der Waals surface area contributed by atoms with E-state index in [9.17, 15) is 0 Å². The first kappa shape index (κ1) is 18.9. The molecule has 0 saturated carbocycles. The molecule has 21 heavy (non-hydrogen) atoms. The Kier molecular flexibility index (Phi) is 13.3. The van der Waals surface area contributed by atoms with E-state index < -0.39 is 0 Å². The first-order valence-electron chi connectivity index (χ1n) is 9.39. The molecule has 1 fully saturated rings. The third-order valence-corrected chi connectivity index (χ3v) is 4.24. The van der Waals surface area contributed by atoms with E-state index in [0.717, 1.165) is 32.9 Å². The minimum atomic E-state index is 0.818. The Morgan fingerprint density at radius 3 is 1.71 bits per heavy atom. The second-order valence-corrected chi connectivity index (χ2v) is 6.26. The van der Waals surface area contributed by atoms with E-state index in [4.69, 9.17) is 9.57 Å². The molecule has 0 unspecified atom stereocenters. The van der Waals surface area contributed by atoms with E-state index in [-0.39, 0.29) is 0 Å². The summed E-state index contributed by atoms with van der Waals surface area (Å²) in [6.45, 7) is 6.66. The van der Waals surface area contributed by atoms with Crippen LogP contribution in [0.2, 0.25) is 0 Å². The number of hydrogen-bond acceptors (Lipinski definition) is 3. The minimum absolute atomic E-state index is 0.818. The second kappa shape index (κ2) is 14.8. The molecule has 1 heterocycles. The Morgan fingerprint density at radius 1 is 0.714 bits per heavy atom. The maximum absolute atomic E-state index is 5.73. The van der Waals surface area contributed by atoms with Gasteiger partial charge in [0, 0.05) is 13.1 Å². The summed E-state index contributed by atoms with van der Waals surface area (Å²) in [7, 11) is 0. The highest BCUT2D eigenvalue weighted by molar-refractivity contribution is 4.52. The van der Waals surface area contributed by atoms with Crippen LogP contribution in [0.5, 0.6) is 0 Å². The van der Waals surface area contributed by atoms with Gasteiger partial charge < -0.3 is 4.74 Å². The Labute approximate surface area is 132 Å². The third-order valence-electron chi connectivity index (χ3n) is 4.24. The number of morpholine rings is 1. The number of hydrogen-bond donors (Lipinski definition) is 0. The summed E-state index contributed by atoms with van der Waals surface area (Å²) in [6, 6.07) is 0. The van der Waals surface area contributed by atoms with Crippen LogP contribution >= 0.6 is 0 Å². The van der Waals surface area contributed by atoms with Crippen molar-refractivity contribution in [3.63, 3.8) is 0 Å². The van der Waals surface area contributed by atoms with Gasteiger partial charge >= 0.3 is 0 Å². The lowest BCUT2D eigenvalue weighted by atomic mass is 10.1. The lowest BCUT2D eigenvalue weighted by molar-refractivity contribution is -0.194. The zero-order chi connectivity index (χ0) is 15.0. The summed E-state index contributed by atoms with van der Waals surface area (Å²) in [5.41, 5.74) is 0. The van der Waals surface area contributed by atoms with Gasteiger partial charge in [0.25, 0.3) is 0 Å². The fourth-order valence-corrected chi connectivity index (χ4v) is 2.81. The molecular weight excluding hydrogens is 262 g/mol. The van der Waals surface area contributed by atoms with Crippen molar-refractivity contribution in [1.82, 2.24) is 5.06 Å². The summed E-state index contributed by atoms with van der Waals surface area (Å²) >= 11 is 0. The van der Waals surface area contributed by atoms with Gasteiger partial charge in [-0.2, -0.15) is 5.06 Å². The van der Waals surface area contributed by atoms with Gasteiger partial charge in [-0.05, 0) is 6.42 Å². The molecule has 3 nitrogen and oxygen atoms in total. The normalized spacial score (nSPS) is 16.4. The average Bonchev–Trinajstić information content (AvgIpc) is 2.53. The molecule has 1 aliphatic heterocycles. The molecule has 0 spiro atoms. The van der Waals surface area contributed by atoms with Crippen LogP contribution in [-0.4, -0.2) is 38.0 Å². The topological polar surface area (TPSA) is 21.7 Å². The van der Waals surface area contributed by atoms with Crippen molar-refractivity contribution in [2.45, 2.75) is 84.0 Å². The molecule has 1 saturated heterocycles. The fraction of sp³-hybridized carbons (Fsp3) is 1.00. The quantitative estimate of drug-likeness (QED) is 0.424. The van der Waals surface area contributed by atoms with Crippen molar-refractivity contribution in [3.8, 4) is 0 Å². The molecule has 0 aromatic rings. The summed E-state index contributed by atoms with van der Waals surface area (Å²) in [4.78, 5) is 5.73. The molecule has 0 radical (unpaired) electrons. The van der Waals surface area contributed by atoms with Crippen LogP contribution < -0.4 is 0 Å². The molecule has 0 aromatic heterocycles. The first-order chi connectivity index (χ1) is 10.4. The number of nitrogens with zero attached hydrogens (tertiary/aromatic N) is 1. The molecular formula is C18H37NO2. The predicted molar refractivity (Wildman–Crippen MR) is 89.4 cm³/mol. The monoisotopic (exact) mass is 299 g/mol. The summed E-state index contributed by atoms with van der Waals surface area (Å²) in [5.74, 6) is 0. The number of rotatable bonds is 14. The Morgan fingerprint density at radius 2 is 1.19 bits per heavy atom. The zero-order valence-corrected chi connectivity index (χ0v) is 14.3. The van der Waals surface area contributed by atoms with Crippen molar-refractivity contribution in [1.29, 1.82) is 0 Å². The van der Waals surface area contributed by atoms with Crippen LogP contribution in [0, 0.1) is 0 Å². The highest BCUT2D eigenvalue weighted by Gasteiger charge is 2.09. The van der Waals surface area contributed by atoms with Gasteiger partial charge in [0.1, 0.15) is 0 Å². The Hall–Kier alpha value is -0.120. The van der Waals surface area contributed by atoms with Crippen LogP contribution in [0.3, 0.4) is 0 Å². The lowest BCUT2D eigenvalue weighted by Crippen LogP contribution is -2.36. The molecule has 1 rings (SSSR count). The van der Waals surface area contributed by atoms with Crippen LogP contribution in [0.4, 0.5) is 0 Å². The van der Waals surface area contributed by atoms with Crippen molar-refractivity contribution in [3.05, 3.63) is 0 Å². The van der Waals surface area contributed by atoms with Gasteiger partial charge in [-0.25, -0.2) is 0 Å². The van der Waals surface area contributed by atoms with Gasteiger partial charge in [0.05, 0.1) is 19.8 Å². The van der Waals surface area contributed by atoms with E-state index in [1.807, 2.05) is 0 Å². The standard InChI is InChI=1S/C18H37NO2/c1-2-3-4-5-6-7-8-9-10-11-12-13-16-21-19-14-17-20-18-15-19/h2-18H2,1H3. The maximum Gasteiger partial charge on any atom is 0.0685 e. The molecule has 0 amide bonds. The summed E-state index contributed by atoms with van der Waals surface area (Å²) < 4.78 is 5.30. The summed E-state index contributed by atoms with van der Waals surface area (Å²) in [5, 5.41) is 2.06. The Balaban J connectivity index is 1.69. The SMILES string of the molecule is CCCCCCCCCCCCCCON1CCOCC1. The van der Waals surface area contributed by atoms with Crippen LogP contribution in [0.1, 0.15) is 84.0 Å². The van der Waals surface area contributed by atoms with Gasteiger partial charge in [-0.3, -0.25) is 4.84 Å². The predicted octanol–water partition coefficient (Wildman–Crippen LogP) is 4.95. The highest BCUT2D eigenvalue weighted by Crippen LogP contribution is 2.12. The number of hydroxylamine groups is 2. The van der Waals surface area contributed by atoms with Crippen molar-refractivity contribution < 1.29 is 9.57 Å². The number of ether oxygens (including phenoxy) is 1. The molecule has 0 atom stereocenters. The molecule has 0 aliphatic carbocycles. The second-order valence-electron chi connectivity index (χ2n) is 6.26. The summed E-state index contributed by atoms with van der Waals surface area (Å²) in [6.07, 6.45) is 16.8. The van der Waals surface area contributed by atoms with E-state index >= 15 is 0 Å². The molecule has 1 aliphatic rings. The van der Waals surface area contributed by atoms with E-state index in [2.05, 4.69) is 12.0 Å². The van der Waals surface area contributed by atoms with Gasteiger partial charge in [-0.1, -0.05) is 77.6 Å². The van der Waals surface area contributed by atoms with Gasteiger partial charge in [0.2, 0.25) is 0 Å². The Bertz CT molecular complexity index is 205. The van der Waals surface area contributed by atoms with E-state index in [1.165, 1.54) is 77.0 Å². The third kappa shape index (κ3) is 12.1. The van der Waals surface area contributed by atoms with Gasteiger partial charge in [-0.15, -0.1) is 0 Å². The average molecular weight is 299 g/mol. The van der Waals surface area contributed by atoms with Gasteiger partial charge in [0.15, 0.2) is 0 Å².